The second-order valence-corrected chi connectivity index (χ2v) is 7.77. The maximum Gasteiger partial charge on any atom is 0.419 e. The van der Waals surface area contributed by atoms with Crippen LogP contribution in [0.3, 0.4) is 0 Å². The number of esters is 2. The average molecular weight is 469 g/mol. The molecule has 0 aliphatic carbocycles. The molecule has 0 unspecified atom stereocenters. The maximum absolute atomic E-state index is 12.6. The number of para-hydroxylation sites is 1. The summed E-state index contributed by atoms with van der Waals surface area (Å²) in [7, 11) is 0. The number of hydrogen-bond acceptors (Lipinski definition) is 7. The molecule has 9 heteroatoms. The zero-order valence-corrected chi connectivity index (χ0v) is 18.8. The van der Waals surface area contributed by atoms with Crippen LogP contribution in [-0.4, -0.2) is 28.1 Å². The van der Waals surface area contributed by atoms with Crippen molar-refractivity contribution >= 4 is 45.5 Å². The molecule has 0 N–H and O–H groups in total. The second kappa shape index (κ2) is 9.46. The molecule has 0 amide bonds. The van der Waals surface area contributed by atoms with Gasteiger partial charge >= 0.3 is 17.7 Å². The molecule has 0 saturated heterocycles. The van der Waals surface area contributed by atoms with Crippen LogP contribution in [0.15, 0.2) is 51.7 Å². The number of hydrogen-bond donors (Lipinski definition) is 0. The predicted octanol–water partition coefficient (Wildman–Crippen LogP) is 4.41. The molecule has 2 aromatic heterocycles. The topological polar surface area (TPSA) is 101 Å². The number of nitrogens with zero attached hydrogens (tertiary/aromatic N) is 2. The first-order chi connectivity index (χ1) is 15.9. The summed E-state index contributed by atoms with van der Waals surface area (Å²) in [5, 5.41) is 1.26. The Bertz CT molecular complexity index is 1420. The largest absolute Gasteiger partial charge is 0.462 e. The minimum Gasteiger partial charge on any atom is -0.462 e. The van der Waals surface area contributed by atoms with Crippen molar-refractivity contribution in [3.63, 3.8) is 0 Å². The number of fused-ring (bicyclic) bond motifs is 2. The predicted molar refractivity (Wildman–Crippen MR) is 122 cm³/mol. The van der Waals surface area contributed by atoms with Crippen LogP contribution in [0.4, 0.5) is 0 Å². The Morgan fingerprint density at radius 2 is 1.94 bits per heavy atom. The van der Waals surface area contributed by atoms with E-state index in [4.69, 9.17) is 25.5 Å². The molecule has 0 saturated carbocycles. The molecule has 2 heterocycles. The number of ether oxygens (including phenoxy) is 2. The molecule has 0 aliphatic heterocycles. The highest BCUT2D eigenvalue weighted by molar-refractivity contribution is 6.31. The van der Waals surface area contributed by atoms with Crippen molar-refractivity contribution in [3.8, 4) is 0 Å². The van der Waals surface area contributed by atoms with Crippen molar-refractivity contribution in [2.75, 3.05) is 6.61 Å². The number of rotatable bonds is 7. The highest BCUT2D eigenvalue weighted by Crippen LogP contribution is 2.24. The highest BCUT2D eigenvalue weighted by atomic mass is 35.5. The summed E-state index contributed by atoms with van der Waals surface area (Å²) >= 11 is 5.93. The third kappa shape index (κ3) is 4.61. The van der Waals surface area contributed by atoms with E-state index in [-0.39, 0.29) is 31.7 Å². The van der Waals surface area contributed by atoms with Crippen LogP contribution in [0.25, 0.3) is 22.0 Å². The van der Waals surface area contributed by atoms with Crippen LogP contribution in [-0.2, 0) is 27.4 Å². The van der Waals surface area contributed by atoms with Crippen LogP contribution in [0.1, 0.15) is 35.0 Å². The Hall–Kier alpha value is -3.65. The Morgan fingerprint density at radius 1 is 1.15 bits per heavy atom. The van der Waals surface area contributed by atoms with Crippen molar-refractivity contribution in [1.29, 1.82) is 0 Å². The van der Waals surface area contributed by atoms with Gasteiger partial charge in [-0.1, -0.05) is 29.8 Å². The molecule has 0 bridgehead atoms. The summed E-state index contributed by atoms with van der Waals surface area (Å²) in [6.07, 6.45) is -0.0710. The number of pyridine rings is 1. The summed E-state index contributed by atoms with van der Waals surface area (Å²) in [6, 6.07) is 12.2. The Balaban J connectivity index is 1.52. The van der Waals surface area contributed by atoms with Gasteiger partial charge < -0.3 is 13.9 Å². The van der Waals surface area contributed by atoms with Gasteiger partial charge in [0, 0.05) is 23.0 Å². The summed E-state index contributed by atoms with van der Waals surface area (Å²) in [6.45, 7) is 3.61. The average Bonchev–Trinajstić information content (AvgIpc) is 3.10. The first-order valence-electron chi connectivity index (χ1n) is 10.4. The fourth-order valence-electron chi connectivity index (χ4n) is 3.70. The molecular weight excluding hydrogens is 448 g/mol. The van der Waals surface area contributed by atoms with Gasteiger partial charge in [0.15, 0.2) is 5.58 Å². The van der Waals surface area contributed by atoms with E-state index in [1.54, 1.807) is 19.1 Å². The number of carbonyl (C=O) groups is 2. The van der Waals surface area contributed by atoms with E-state index >= 15 is 0 Å². The molecule has 8 nitrogen and oxygen atoms in total. The zero-order chi connectivity index (χ0) is 23.5. The molecule has 33 heavy (non-hydrogen) atoms. The van der Waals surface area contributed by atoms with Crippen molar-refractivity contribution in [1.82, 2.24) is 9.55 Å². The van der Waals surface area contributed by atoms with Gasteiger partial charge in [-0.05, 0) is 37.6 Å². The summed E-state index contributed by atoms with van der Waals surface area (Å²) in [5.74, 6) is -1.65. The molecular formula is C24H21ClN2O6. The SMILES string of the molecule is CCOC(=O)c1c(COC(=O)CCn2c(=O)oc3cc(Cl)ccc32)nc2ccccc2c1C. The van der Waals surface area contributed by atoms with E-state index in [2.05, 4.69) is 4.98 Å². The standard InChI is InChI=1S/C24H21ClN2O6/c1-3-31-23(29)22-14(2)16-6-4-5-7-17(16)26-18(22)13-32-21(28)10-11-27-19-9-8-15(25)12-20(19)33-24(27)30/h4-9,12H,3,10-11,13H2,1-2H3. The molecule has 0 radical (unpaired) electrons. The van der Waals surface area contributed by atoms with Gasteiger partial charge in [-0.25, -0.2) is 14.6 Å². The van der Waals surface area contributed by atoms with Gasteiger partial charge in [-0.2, -0.15) is 0 Å². The van der Waals surface area contributed by atoms with E-state index in [0.29, 0.717) is 32.9 Å². The lowest BCUT2D eigenvalue weighted by atomic mass is 10.0. The van der Waals surface area contributed by atoms with E-state index in [1.165, 1.54) is 10.6 Å². The van der Waals surface area contributed by atoms with Crippen LogP contribution < -0.4 is 5.76 Å². The first kappa shape index (κ1) is 22.5. The van der Waals surface area contributed by atoms with Crippen molar-refractivity contribution in [2.24, 2.45) is 0 Å². The van der Waals surface area contributed by atoms with Gasteiger partial charge in [0.05, 0.1) is 35.3 Å². The molecule has 170 valence electrons. The summed E-state index contributed by atoms with van der Waals surface area (Å²) < 4.78 is 17.1. The highest BCUT2D eigenvalue weighted by Gasteiger charge is 2.21. The van der Waals surface area contributed by atoms with Crippen LogP contribution >= 0.6 is 11.6 Å². The molecule has 0 spiro atoms. The molecule has 4 rings (SSSR count). The van der Waals surface area contributed by atoms with Crippen molar-refractivity contribution < 1.29 is 23.5 Å². The fourth-order valence-corrected chi connectivity index (χ4v) is 3.86. The lowest BCUT2D eigenvalue weighted by Gasteiger charge is -2.14. The Labute approximate surface area is 193 Å². The van der Waals surface area contributed by atoms with E-state index in [0.717, 1.165) is 5.39 Å². The molecule has 2 aromatic carbocycles. The number of halogens is 1. The maximum atomic E-state index is 12.6. The zero-order valence-electron chi connectivity index (χ0n) is 18.1. The smallest absolute Gasteiger partial charge is 0.419 e. The third-order valence-corrected chi connectivity index (χ3v) is 5.48. The van der Waals surface area contributed by atoms with Crippen molar-refractivity contribution in [3.05, 3.63) is 74.9 Å². The number of aryl methyl sites for hydroxylation is 2. The Morgan fingerprint density at radius 3 is 2.73 bits per heavy atom. The molecule has 0 aliphatic rings. The van der Waals surface area contributed by atoms with Gasteiger partial charge in [-0.3, -0.25) is 9.36 Å². The van der Waals surface area contributed by atoms with E-state index < -0.39 is 17.7 Å². The molecule has 0 atom stereocenters. The number of benzene rings is 2. The monoisotopic (exact) mass is 468 g/mol. The van der Waals surface area contributed by atoms with Crippen LogP contribution in [0, 0.1) is 6.92 Å². The number of oxazole rings is 1. The van der Waals surface area contributed by atoms with Gasteiger partial charge in [0.1, 0.15) is 6.61 Å². The minimum absolute atomic E-state index is 0.0706. The summed E-state index contributed by atoms with van der Waals surface area (Å²) in [5.41, 5.74) is 2.88. The third-order valence-electron chi connectivity index (χ3n) is 5.25. The number of carbonyl (C=O) groups excluding carboxylic acids is 2. The molecule has 0 fully saturated rings. The van der Waals surface area contributed by atoms with E-state index in [1.807, 2.05) is 31.2 Å². The van der Waals surface area contributed by atoms with Gasteiger partial charge in [-0.15, -0.1) is 0 Å². The first-order valence-corrected chi connectivity index (χ1v) is 10.8. The van der Waals surface area contributed by atoms with Crippen LogP contribution in [0.5, 0.6) is 0 Å². The lowest BCUT2D eigenvalue weighted by Crippen LogP contribution is -2.18. The van der Waals surface area contributed by atoms with Crippen LogP contribution in [0.2, 0.25) is 5.02 Å². The van der Waals surface area contributed by atoms with E-state index in [9.17, 15) is 14.4 Å². The Kier molecular flexibility index (Phi) is 6.46. The second-order valence-electron chi connectivity index (χ2n) is 7.34. The fraction of sp³-hybridized carbons (Fsp3) is 0.250. The van der Waals surface area contributed by atoms with Gasteiger partial charge in [0.2, 0.25) is 0 Å². The lowest BCUT2D eigenvalue weighted by molar-refractivity contribution is -0.145. The number of aromatic nitrogens is 2. The van der Waals surface area contributed by atoms with Crippen molar-refractivity contribution in [2.45, 2.75) is 33.4 Å². The summed E-state index contributed by atoms with van der Waals surface area (Å²) in [4.78, 5) is 41.7. The normalized spacial score (nSPS) is 11.1. The minimum atomic E-state index is -0.587. The quantitative estimate of drug-likeness (QED) is 0.370. The molecule has 4 aromatic rings. The van der Waals surface area contributed by atoms with Gasteiger partial charge in [0.25, 0.3) is 0 Å².